The Morgan fingerprint density at radius 2 is 2.29 bits per heavy atom. The lowest BCUT2D eigenvalue weighted by Crippen LogP contribution is -2.15. The summed E-state index contributed by atoms with van der Waals surface area (Å²) >= 11 is 1.23. The lowest BCUT2D eigenvalue weighted by atomic mass is 10.3. The van der Waals surface area contributed by atoms with E-state index in [-0.39, 0.29) is 0 Å². The molecular weight excluding hydrogens is 200 g/mol. The molecule has 0 aromatic carbocycles. The van der Waals surface area contributed by atoms with Gasteiger partial charge in [0.05, 0.1) is 5.69 Å². The van der Waals surface area contributed by atoms with Crippen molar-refractivity contribution in [2.75, 3.05) is 0 Å². The molecule has 0 amide bonds. The molecule has 0 spiro atoms. The SMILES string of the molecule is CCC(Sc1ccc(C)nn1)C(=O)O. The number of thioether (sulfide) groups is 1. The van der Waals surface area contributed by atoms with Gasteiger partial charge in [0.15, 0.2) is 0 Å². The van der Waals surface area contributed by atoms with Gasteiger partial charge in [-0.1, -0.05) is 18.7 Å². The minimum absolute atomic E-state index is 0.438. The molecule has 1 aromatic heterocycles. The summed E-state index contributed by atoms with van der Waals surface area (Å²) in [4.78, 5) is 10.7. The zero-order valence-electron chi connectivity index (χ0n) is 8.10. The molecule has 1 aromatic rings. The summed E-state index contributed by atoms with van der Waals surface area (Å²) in [6.07, 6.45) is 0.579. The highest BCUT2D eigenvalue weighted by molar-refractivity contribution is 8.00. The number of nitrogens with zero attached hydrogens (tertiary/aromatic N) is 2. The van der Waals surface area contributed by atoms with Gasteiger partial charge in [-0.2, -0.15) is 5.10 Å². The molecule has 0 bridgehead atoms. The second-order valence-electron chi connectivity index (χ2n) is 2.87. The van der Waals surface area contributed by atoms with Gasteiger partial charge in [0.1, 0.15) is 10.3 Å². The van der Waals surface area contributed by atoms with Crippen LogP contribution in [0.15, 0.2) is 17.2 Å². The molecule has 0 aliphatic rings. The van der Waals surface area contributed by atoms with Crippen LogP contribution in [0.1, 0.15) is 19.0 Å². The van der Waals surface area contributed by atoms with Crippen molar-refractivity contribution in [3.8, 4) is 0 Å². The van der Waals surface area contributed by atoms with E-state index in [1.54, 1.807) is 6.07 Å². The molecule has 5 heteroatoms. The minimum atomic E-state index is -0.806. The maximum atomic E-state index is 10.7. The van der Waals surface area contributed by atoms with Crippen molar-refractivity contribution in [1.82, 2.24) is 10.2 Å². The number of aryl methyl sites for hydroxylation is 1. The van der Waals surface area contributed by atoms with Crippen LogP contribution in [-0.2, 0) is 4.79 Å². The Kier molecular flexibility index (Phi) is 3.88. The summed E-state index contributed by atoms with van der Waals surface area (Å²) in [5.74, 6) is -0.806. The van der Waals surface area contributed by atoms with Crippen molar-refractivity contribution in [1.29, 1.82) is 0 Å². The van der Waals surface area contributed by atoms with E-state index < -0.39 is 11.2 Å². The zero-order chi connectivity index (χ0) is 10.6. The number of rotatable bonds is 4. The molecule has 1 rings (SSSR count). The summed E-state index contributed by atoms with van der Waals surface area (Å²) < 4.78 is 0. The Morgan fingerprint density at radius 1 is 1.57 bits per heavy atom. The topological polar surface area (TPSA) is 63.1 Å². The molecule has 1 N–H and O–H groups in total. The Bertz CT molecular complexity index is 313. The lowest BCUT2D eigenvalue weighted by Gasteiger charge is -2.07. The molecule has 0 aliphatic carbocycles. The first kappa shape index (κ1) is 11.0. The van der Waals surface area contributed by atoms with Gasteiger partial charge in [-0.05, 0) is 25.5 Å². The molecule has 0 fully saturated rings. The van der Waals surface area contributed by atoms with Crippen LogP contribution < -0.4 is 0 Å². The van der Waals surface area contributed by atoms with Gasteiger partial charge in [0, 0.05) is 0 Å². The third-order valence-electron chi connectivity index (χ3n) is 1.68. The lowest BCUT2D eigenvalue weighted by molar-refractivity contribution is -0.136. The first-order valence-corrected chi connectivity index (χ1v) is 5.21. The fraction of sp³-hybridized carbons (Fsp3) is 0.444. The van der Waals surface area contributed by atoms with E-state index >= 15 is 0 Å². The van der Waals surface area contributed by atoms with Crippen LogP contribution in [0.3, 0.4) is 0 Å². The number of carbonyl (C=O) groups is 1. The number of carboxylic acids is 1. The number of carboxylic acid groups (broad SMARTS) is 1. The molecule has 0 saturated carbocycles. The number of hydrogen-bond donors (Lipinski definition) is 1. The maximum Gasteiger partial charge on any atom is 0.317 e. The first-order valence-electron chi connectivity index (χ1n) is 4.33. The number of aliphatic carboxylic acids is 1. The average Bonchev–Trinajstić information content (AvgIpc) is 2.16. The second-order valence-corrected chi connectivity index (χ2v) is 4.09. The monoisotopic (exact) mass is 212 g/mol. The largest absolute Gasteiger partial charge is 0.480 e. The Morgan fingerprint density at radius 3 is 2.71 bits per heavy atom. The van der Waals surface area contributed by atoms with E-state index in [2.05, 4.69) is 10.2 Å². The van der Waals surface area contributed by atoms with E-state index in [1.165, 1.54) is 11.8 Å². The Labute approximate surface area is 86.7 Å². The predicted molar refractivity (Wildman–Crippen MR) is 54.3 cm³/mol. The van der Waals surface area contributed by atoms with Crippen molar-refractivity contribution in [3.05, 3.63) is 17.8 Å². The summed E-state index contributed by atoms with van der Waals surface area (Å²) in [6.45, 7) is 3.68. The van der Waals surface area contributed by atoms with Crippen LogP contribution in [0, 0.1) is 6.92 Å². The first-order chi connectivity index (χ1) is 6.63. The van der Waals surface area contributed by atoms with Crippen molar-refractivity contribution in [2.45, 2.75) is 30.5 Å². The van der Waals surface area contributed by atoms with Crippen LogP contribution in [0.2, 0.25) is 0 Å². The smallest absolute Gasteiger partial charge is 0.317 e. The molecule has 0 aliphatic heterocycles. The molecule has 1 unspecified atom stereocenters. The average molecular weight is 212 g/mol. The van der Waals surface area contributed by atoms with Crippen LogP contribution in [-0.4, -0.2) is 26.5 Å². The standard InChI is InChI=1S/C9H12N2O2S/c1-3-7(9(12)13)14-8-5-4-6(2)10-11-8/h4-5,7H,3H2,1-2H3,(H,12,13). The van der Waals surface area contributed by atoms with Crippen LogP contribution in [0.4, 0.5) is 0 Å². The molecule has 14 heavy (non-hydrogen) atoms. The van der Waals surface area contributed by atoms with Crippen LogP contribution in [0.25, 0.3) is 0 Å². The normalized spacial score (nSPS) is 12.4. The number of hydrogen-bond acceptors (Lipinski definition) is 4. The van der Waals surface area contributed by atoms with E-state index in [1.807, 2.05) is 19.9 Å². The molecular formula is C9H12N2O2S. The highest BCUT2D eigenvalue weighted by Crippen LogP contribution is 2.22. The van der Waals surface area contributed by atoms with Gasteiger partial charge >= 0.3 is 5.97 Å². The van der Waals surface area contributed by atoms with Crippen molar-refractivity contribution in [2.24, 2.45) is 0 Å². The summed E-state index contributed by atoms with van der Waals surface area (Å²) in [7, 11) is 0. The Hall–Kier alpha value is -1.10. The highest BCUT2D eigenvalue weighted by atomic mass is 32.2. The highest BCUT2D eigenvalue weighted by Gasteiger charge is 2.16. The number of aromatic nitrogens is 2. The summed E-state index contributed by atoms with van der Waals surface area (Å²) in [5.41, 5.74) is 0.831. The summed E-state index contributed by atoms with van der Waals surface area (Å²) in [5, 5.41) is 16.8. The molecule has 4 nitrogen and oxygen atoms in total. The van der Waals surface area contributed by atoms with Gasteiger partial charge in [0.2, 0.25) is 0 Å². The van der Waals surface area contributed by atoms with Gasteiger partial charge in [0.25, 0.3) is 0 Å². The summed E-state index contributed by atoms with van der Waals surface area (Å²) in [6, 6.07) is 3.61. The zero-order valence-corrected chi connectivity index (χ0v) is 8.91. The molecule has 0 radical (unpaired) electrons. The van der Waals surface area contributed by atoms with Gasteiger partial charge < -0.3 is 5.11 Å². The molecule has 76 valence electrons. The van der Waals surface area contributed by atoms with E-state index in [9.17, 15) is 4.79 Å². The fourth-order valence-electron chi connectivity index (χ4n) is 0.904. The van der Waals surface area contributed by atoms with Crippen molar-refractivity contribution < 1.29 is 9.90 Å². The van der Waals surface area contributed by atoms with Gasteiger partial charge in [-0.15, -0.1) is 5.10 Å². The second kappa shape index (κ2) is 4.95. The Balaban J connectivity index is 2.67. The van der Waals surface area contributed by atoms with E-state index in [4.69, 9.17) is 5.11 Å². The third kappa shape index (κ3) is 2.99. The third-order valence-corrected chi connectivity index (χ3v) is 2.96. The predicted octanol–water partition coefficient (Wildman–Crippen LogP) is 1.74. The van der Waals surface area contributed by atoms with Crippen LogP contribution >= 0.6 is 11.8 Å². The quantitative estimate of drug-likeness (QED) is 0.770. The van der Waals surface area contributed by atoms with Crippen molar-refractivity contribution in [3.63, 3.8) is 0 Å². The van der Waals surface area contributed by atoms with Crippen molar-refractivity contribution >= 4 is 17.7 Å². The van der Waals surface area contributed by atoms with Gasteiger partial charge in [-0.25, -0.2) is 0 Å². The van der Waals surface area contributed by atoms with E-state index in [0.29, 0.717) is 11.4 Å². The minimum Gasteiger partial charge on any atom is -0.480 e. The molecule has 0 saturated heterocycles. The van der Waals surface area contributed by atoms with Crippen LogP contribution in [0.5, 0.6) is 0 Å². The van der Waals surface area contributed by atoms with Gasteiger partial charge in [-0.3, -0.25) is 4.79 Å². The maximum absolute atomic E-state index is 10.7. The molecule has 1 atom stereocenters. The fourth-order valence-corrected chi connectivity index (χ4v) is 1.70. The van der Waals surface area contributed by atoms with E-state index in [0.717, 1.165) is 5.69 Å². The molecule has 1 heterocycles.